The molecule has 1 amide bonds. The van der Waals surface area contributed by atoms with Crippen molar-refractivity contribution in [1.82, 2.24) is 10.2 Å². The molecule has 0 unspecified atom stereocenters. The molecule has 18 heavy (non-hydrogen) atoms. The number of benzene rings is 1. The van der Waals surface area contributed by atoms with Crippen LogP contribution in [0.3, 0.4) is 0 Å². The first-order valence-corrected chi connectivity index (χ1v) is 6.13. The standard InChI is InChI=1S/C13H14ClN3O/c1-2-10-8-15-17-13(10)16-12(18)7-9-3-5-11(14)6-4-9/h3-6,8H,2,7H2,1H3,(H2,15,16,17,18). The summed E-state index contributed by atoms with van der Waals surface area (Å²) in [5.41, 5.74) is 1.92. The number of H-pyrrole nitrogens is 1. The second kappa shape index (κ2) is 5.69. The van der Waals surface area contributed by atoms with Gasteiger partial charge in [-0.25, -0.2) is 0 Å². The highest BCUT2D eigenvalue weighted by atomic mass is 35.5. The van der Waals surface area contributed by atoms with Gasteiger partial charge in [0.15, 0.2) is 0 Å². The van der Waals surface area contributed by atoms with Gasteiger partial charge in [-0.15, -0.1) is 0 Å². The molecular weight excluding hydrogens is 250 g/mol. The molecule has 0 aliphatic rings. The minimum atomic E-state index is -0.0729. The molecule has 5 heteroatoms. The molecule has 0 spiro atoms. The third-order valence-electron chi connectivity index (χ3n) is 2.64. The molecule has 0 saturated heterocycles. The lowest BCUT2D eigenvalue weighted by molar-refractivity contribution is -0.115. The third kappa shape index (κ3) is 3.11. The maximum atomic E-state index is 11.8. The van der Waals surface area contributed by atoms with Crippen LogP contribution in [0.15, 0.2) is 30.5 Å². The normalized spacial score (nSPS) is 10.3. The minimum absolute atomic E-state index is 0.0729. The highest BCUT2D eigenvalue weighted by Crippen LogP contribution is 2.13. The van der Waals surface area contributed by atoms with E-state index in [9.17, 15) is 4.79 Å². The molecule has 0 fully saturated rings. The van der Waals surface area contributed by atoms with Crippen LogP contribution >= 0.6 is 11.6 Å². The quantitative estimate of drug-likeness (QED) is 0.891. The summed E-state index contributed by atoms with van der Waals surface area (Å²) in [5.74, 6) is 0.604. The summed E-state index contributed by atoms with van der Waals surface area (Å²) in [5, 5.41) is 10.2. The van der Waals surface area contributed by atoms with Gasteiger partial charge in [0.05, 0.1) is 12.6 Å². The Kier molecular flexibility index (Phi) is 3.99. The van der Waals surface area contributed by atoms with Crippen molar-refractivity contribution < 1.29 is 4.79 Å². The highest BCUT2D eigenvalue weighted by molar-refractivity contribution is 6.30. The van der Waals surface area contributed by atoms with Gasteiger partial charge in [-0.1, -0.05) is 30.7 Å². The van der Waals surface area contributed by atoms with E-state index in [1.54, 1.807) is 18.3 Å². The summed E-state index contributed by atoms with van der Waals surface area (Å²) in [4.78, 5) is 11.8. The molecule has 4 nitrogen and oxygen atoms in total. The molecular formula is C13H14ClN3O. The lowest BCUT2D eigenvalue weighted by Gasteiger charge is -2.05. The van der Waals surface area contributed by atoms with E-state index in [4.69, 9.17) is 11.6 Å². The molecule has 2 rings (SSSR count). The summed E-state index contributed by atoms with van der Waals surface area (Å²) < 4.78 is 0. The minimum Gasteiger partial charge on any atom is -0.311 e. The Bertz CT molecular complexity index is 533. The Hall–Kier alpha value is -1.81. The van der Waals surface area contributed by atoms with Gasteiger partial charge in [-0.3, -0.25) is 9.89 Å². The molecule has 1 heterocycles. The van der Waals surface area contributed by atoms with Crippen LogP contribution in [0, 0.1) is 0 Å². The van der Waals surface area contributed by atoms with Crippen molar-refractivity contribution in [1.29, 1.82) is 0 Å². The van der Waals surface area contributed by atoms with E-state index in [1.807, 2.05) is 19.1 Å². The summed E-state index contributed by atoms with van der Waals surface area (Å²) in [6, 6.07) is 7.24. The Labute approximate surface area is 110 Å². The summed E-state index contributed by atoms with van der Waals surface area (Å²) in [7, 11) is 0. The maximum absolute atomic E-state index is 11.8. The summed E-state index contributed by atoms with van der Waals surface area (Å²) in [6.07, 6.45) is 2.87. The molecule has 94 valence electrons. The van der Waals surface area contributed by atoms with E-state index in [0.29, 0.717) is 17.3 Å². The fraction of sp³-hybridized carbons (Fsp3) is 0.231. The zero-order valence-corrected chi connectivity index (χ0v) is 10.8. The molecule has 0 aliphatic carbocycles. The fourth-order valence-corrected chi connectivity index (χ4v) is 1.78. The van der Waals surface area contributed by atoms with E-state index in [-0.39, 0.29) is 5.91 Å². The van der Waals surface area contributed by atoms with Gasteiger partial charge in [-0.05, 0) is 24.1 Å². The van der Waals surface area contributed by atoms with Gasteiger partial charge >= 0.3 is 0 Å². The number of anilines is 1. The number of aromatic nitrogens is 2. The third-order valence-corrected chi connectivity index (χ3v) is 2.89. The van der Waals surface area contributed by atoms with Crippen molar-refractivity contribution in [2.75, 3.05) is 5.32 Å². The molecule has 0 aliphatic heterocycles. The Morgan fingerprint density at radius 2 is 2.11 bits per heavy atom. The van der Waals surface area contributed by atoms with Crippen LogP contribution < -0.4 is 5.32 Å². The van der Waals surface area contributed by atoms with Gasteiger partial charge in [0, 0.05) is 10.6 Å². The van der Waals surface area contributed by atoms with E-state index in [1.165, 1.54) is 0 Å². The average molecular weight is 264 g/mol. The van der Waals surface area contributed by atoms with Crippen molar-refractivity contribution >= 4 is 23.3 Å². The van der Waals surface area contributed by atoms with E-state index < -0.39 is 0 Å². The van der Waals surface area contributed by atoms with E-state index in [2.05, 4.69) is 15.5 Å². The number of rotatable bonds is 4. The first-order chi connectivity index (χ1) is 8.69. The van der Waals surface area contributed by atoms with Gasteiger partial charge < -0.3 is 5.32 Å². The number of aryl methyl sites for hydroxylation is 1. The van der Waals surface area contributed by atoms with Crippen LogP contribution in [0.4, 0.5) is 5.82 Å². The SMILES string of the molecule is CCc1cn[nH]c1NC(=O)Cc1ccc(Cl)cc1. The predicted octanol–water partition coefficient (Wildman–Crippen LogP) is 2.81. The van der Waals surface area contributed by atoms with Gasteiger partial charge in [0.25, 0.3) is 0 Å². The molecule has 1 aromatic carbocycles. The van der Waals surface area contributed by atoms with Crippen LogP contribution in [0.25, 0.3) is 0 Å². The summed E-state index contributed by atoms with van der Waals surface area (Å²) in [6.45, 7) is 2.01. The van der Waals surface area contributed by atoms with Gasteiger partial charge in [0.2, 0.25) is 5.91 Å². The highest BCUT2D eigenvalue weighted by Gasteiger charge is 2.08. The molecule has 1 aromatic heterocycles. The molecule has 0 saturated carbocycles. The number of halogens is 1. The summed E-state index contributed by atoms with van der Waals surface area (Å²) >= 11 is 5.79. The van der Waals surface area contributed by atoms with Crippen LogP contribution in [-0.2, 0) is 17.6 Å². The second-order valence-electron chi connectivity index (χ2n) is 3.98. The zero-order chi connectivity index (χ0) is 13.0. The number of hydrogen-bond donors (Lipinski definition) is 2. The van der Waals surface area contributed by atoms with Crippen LogP contribution in [0.1, 0.15) is 18.1 Å². The Balaban J connectivity index is 1.99. The van der Waals surface area contributed by atoms with Crippen molar-refractivity contribution in [3.63, 3.8) is 0 Å². The second-order valence-corrected chi connectivity index (χ2v) is 4.41. The smallest absolute Gasteiger partial charge is 0.229 e. The number of carbonyl (C=O) groups is 1. The Morgan fingerprint density at radius 3 is 2.78 bits per heavy atom. The Morgan fingerprint density at radius 1 is 1.39 bits per heavy atom. The number of amides is 1. The first kappa shape index (κ1) is 12.6. The number of hydrogen-bond acceptors (Lipinski definition) is 2. The van der Waals surface area contributed by atoms with Crippen LogP contribution in [-0.4, -0.2) is 16.1 Å². The number of nitrogens with one attached hydrogen (secondary N) is 2. The predicted molar refractivity (Wildman–Crippen MR) is 71.8 cm³/mol. The van der Waals surface area contributed by atoms with Crippen molar-refractivity contribution in [2.45, 2.75) is 19.8 Å². The number of carbonyl (C=O) groups excluding carboxylic acids is 1. The lowest BCUT2D eigenvalue weighted by Crippen LogP contribution is -2.15. The fourth-order valence-electron chi connectivity index (χ4n) is 1.66. The molecule has 0 radical (unpaired) electrons. The molecule has 2 N–H and O–H groups in total. The maximum Gasteiger partial charge on any atom is 0.229 e. The zero-order valence-electron chi connectivity index (χ0n) is 10.0. The number of aromatic amines is 1. The topological polar surface area (TPSA) is 57.8 Å². The van der Waals surface area contributed by atoms with Crippen molar-refractivity contribution in [2.24, 2.45) is 0 Å². The molecule has 2 aromatic rings. The largest absolute Gasteiger partial charge is 0.311 e. The van der Waals surface area contributed by atoms with E-state index >= 15 is 0 Å². The lowest BCUT2D eigenvalue weighted by atomic mass is 10.1. The average Bonchev–Trinajstić information content (AvgIpc) is 2.79. The monoisotopic (exact) mass is 263 g/mol. The van der Waals surface area contributed by atoms with Crippen molar-refractivity contribution in [3.8, 4) is 0 Å². The van der Waals surface area contributed by atoms with Gasteiger partial charge in [-0.2, -0.15) is 5.10 Å². The first-order valence-electron chi connectivity index (χ1n) is 5.75. The van der Waals surface area contributed by atoms with Crippen molar-refractivity contribution in [3.05, 3.63) is 46.6 Å². The van der Waals surface area contributed by atoms with Crippen LogP contribution in [0.5, 0.6) is 0 Å². The molecule has 0 atom stereocenters. The van der Waals surface area contributed by atoms with E-state index in [0.717, 1.165) is 17.5 Å². The van der Waals surface area contributed by atoms with Gasteiger partial charge in [0.1, 0.15) is 5.82 Å². The molecule has 0 bridgehead atoms. The number of nitrogens with zero attached hydrogens (tertiary/aromatic N) is 1. The van der Waals surface area contributed by atoms with Crippen LogP contribution in [0.2, 0.25) is 5.02 Å².